The van der Waals surface area contributed by atoms with E-state index in [9.17, 15) is 127 Å². The number of benzene rings is 12. The Balaban J connectivity index is 0.000000207. The molecule has 0 atom stereocenters. The monoisotopic (exact) mass is 1910 g/mol. The third kappa shape index (κ3) is 31.2. The van der Waals surface area contributed by atoms with Crippen molar-refractivity contribution in [1.82, 2.24) is 0 Å². The van der Waals surface area contributed by atoms with Crippen LogP contribution >= 0.6 is 0 Å². The van der Waals surface area contributed by atoms with Crippen LogP contribution in [0.15, 0.2) is 309 Å². The van der Waals surface area contributed by atoms with E-state index in [1.807, 2.05) is 0 Å². The maximum absolute atomic E-state index is 13.6. The average Bonchev–Trinajstić information content (AvgIpc) is 0.769. The molecular weight excluding hydrogens is 1840 g/mol. The molecular formula is C92H68F29N3O9. The molecule has 0 aliphatic heterocycles. The van der Waals surface area contributed by atoms with Crippen LogP contribution in [-0.4, -0.2) is 89.2 Å². The average molecular weight is 1910 g/mol. The van der Waals surface area contributed by atoms with E-state index in [0.29, 0.717) is 22.4 Å². The molecule has 12 aromatic carbocycles. The molecule has 0 bridgehead atoms. The Morgan fingerprint density at radius 2 is 0.383 bits per heavy atom. The molecule has 0 radical (unpaired) electrons. The van der Waals surface area contributed by atoms with Crippen LogP contribution in [0.2, 0.25) is 0 Å². The summed E-state index contributed by atoms with van der Waals surface area (Å²) in [6.45, 7) is -0.575. The van der Waals surface area contributed by atoms with Gasteiger partial charge in [0.1, 0.15) is 51.7 Å². The Morgan fingerprint density at radius 1 is 0.188 bits per heavy atom. The van der Waals surface area contributed by atoms with Crippen LogP contribution in [0.25, 0.3) is 0 Å². The highest BCUT2D eigenvalue weighted by Gasteiger charge is 2.47. The number of hydrogen-bond donors (Lipinski definition) is 3. The van der Waals surface area contributed by atoms with Crippen LogP contribution in [-0.2, 0) is 35.5 Å². The van der Waals surface area contributed by atoms with Gasteiger partial charge < -0.3 is 58.6 Å². The summed E-state index contributed by atoms with van der Waals surface area (Å²) in [6.07, 6.45) is -52.8. The van der Waals surface area contributed by atoms with Gasteiger partial charge in [-0.1, -0.05) is 170 Å². The summed E-state index contributed by atoms with van der Waals surface area (Å²) in [7, 11) is 0. The predicted octanol–water partition coefficient (Wildman–Crippen LogP) is 27.7. The third-order valence-corrected chi connectivity index (χ3v) is 19.3. The van der Waals surface area contributed by atoms with E-state index in [4.69, 9.17) is 0 Å². The molecule has 0 saturated carbocycles. The molecule has 12 rings (SSSR count). The molecule has 41 heteroatoms. The molecule has 3 N–H and O–H groups in total. The van der Waals surface area contributed by atoms with Gasteiger partial charge in [0.25, 0.3) is 0 Å². The summed E-state index contributed by atoms with van der Waals surface area (Å²) in [5, 5.41) is 9.05. The molecule has 708 valence electrons. The molecule has 0 spiro atoms. The number of ether oxygens (including phenoxy) is 9. The highest BCUT2D eigenvalue weighted by atomic mass is 19.4. The Labute approximate surface area is 736 Å². The van der Waals surface area contributed by atoms with E-state index in [0.717, 1.165) is 109 Å². The van der Waals surface area contributed by atoms with Gasteiger partial charge in [-0.2, -0.15) is 35.1 Å². The number of anilines is 3. The zero-order chi connectivity index (χ0) is 97.1. The maximum Gasteiger partial charge on any atom is 0.573 e. The first-order valence-electron chi connectivity index (χ1n) is 38.5. The summed E-state index contributed by atoms with van der Waals surface area (Å²) in [5.74, 6) is -5.17. The first-order chi connectivity index (χ1) is 62.2. The molecule has 133 heavy (non-hydrogen) atoms. The molecule has 0 aromatic heterocycles. The van der Waals surface area contributed by atoms with E-state index < -0.39 is 138 Å². The number of nitrogens with one attached hydrogen (secondary N) is 3. The molecule has 0 saturated heterocycles. The minimum absolute atomic E-state index is 0.00851. The summed E-state index contributed by atoms with van der Waals surface area (Å²) < 4.78 is 415. The Morgan fingerprint density at radius 3 is 0.609 bits per heavy atom. The van der Waals surface area contributed by atoms with E-state index in [2.05, 4.69) is 58.6 Å². The van der Waals surface area contributed by atoms with E-state index >= 15 is 0 Å². The van der Waals surface area contributed by atoms with Crippen LogP contribution in [0.3, 0.4) is 0 Å². The molecule has 12 aromatic rings. The van der Waals surface area contributed by atoms with Gasteiger partial charge in [0.15, 0.2) is 0 Å². The van der Waals surface area contributed by atoms with Gasteiger partial charge >= 0.3 is 69.6 Å². The molecule has 0 aliphatic carbocycles. The lowest BCUT2D eigenvalue weighted by atomic mass is 9.70. The summed E-state index contributed by atoms with van der Waals surface area (Å²) in [5.41, 5.74) is -0.428. The Kier molecular flexibility index (Phi) is 32.1. The lowest BCUT2D eigenvalue weighted by molar-refractivity contribution is -0.275. The van der Waals surface area contributed by atoms with Crippen LogP contribution in [0, 0.1) is 0 Å². The van der Waals surface area contributed by atoms with Gasteiger partial charge in [0, 0.05) is 59.0 Å². The SMILES string of the molecule is FC(F)(F)Oc1ccc(NCC(Cc2ccccc2)(c2cccc(OC(F)(F)F)c2)c2cccc(OC(F)(F)F)c2)cc1.FC(F)C(F)(F)Oc1ccc(NCC(Cc2ccccc2)(c2cccc(OC(F)(F)F)c2)c2cccc(OC(F)(F)F)c2)cc1.FC(F)C(F)(F)Oc1cccc(NCC(Cc2ccccc2)(c2cccc(OC(F)(F)F)c2)c2cccc(OC(F)(F)F)c2)c1. The van der Waals surface area contributed by atoms with Crippen LogP contribution in [0.4, 0.5) is 144 Å². The second-order valence-electron chi connectivity index (χ2n) is 28.8. The molecule has 0 unspecified atom stereocenters. The maximum atomic E-state index is 13.6. The smallest absolute Gasteiger partial charge is 0.428 e. The topological polar surface area (TPSA) is 119 Å². The van der Waals surface area contributed by atoms with Gasteiger partial charge in [0.2, 0.25) is 0 Å². The highest BCUT2D eigenvalue weighted by Crippen LogP contribution is 2.47. The van der Waals surface area contributed by atoms with Gasteiger partial charge in [-0.15, -0.1) is 92.2 Å². The number of alkyl halides is 29. The molecule has 0 heterocycles. The molecule has 0 amide bonds. The predicted molar refractivity (Wildman–Crippen MR) is 426 cm³/mol. The summed E-state index contributed by atoms with van der Waals surface area (Å²) in [4.78, 5) is 0. The molecule has 0 fully saturated rings. The highest BCUT2D eigenvalue weighted by molar-refractivity contribution is 5.57. The van der Waals surface area contributed by atoms with Crippen LogP contribution in [0.1, 0.15) is 50.1 Å². The van der Waals surface area contributed by atoms with Crippen molar-refractivity contribution in [1.29, 1.82) is 0 Å². The zero-order valence-corrected chi connectivity index (χ0v) is 67.5. The first-order valence-corrected chi connectivity index (χ1v) is 38.5. The van der Waals surface area contributed by atoms with Crippen molar-refractivity contribution < 1.29 is 170 Å². The normalized spacial score (nSPS) is 12.6. The fourth-order valence-corrected chi connectivity index (χ4v) is 13.9. The van der Waals surface area contributed by atoms with Crippen molar-refractivity contribution >= 4 is 17.1 Å². The fraction of sp³-hybridized carbons (Fsp3) is 0.217. The third-order valence-electron chi connectivity index (χ3n) is 19.3. The van der Waals surface area contributed by atoms with Gasteiger partial charge in [-0.25, -0.2) is 0 Å². The van der Waals surface area contributed by atoms with Gasteiger partial charge in [-0.05, 0) is 203 Å². The van der Waals surface area contributed by atoms with Crippen molar-refractivity contribution in [2.45, 2.75) is 105 Å². The number of hydrogen-bond acceptors (Lipinski definition) is 12. The largest absolute Gasteiger partial charge is 0.573 e. The van der Waals surface area contributed by atoms with E-state index in [1.165, 1.54) is 109 Å². The number of halogens is 29. The van der Waals surface area contributed by atoms with E-state index in [1.54, 1.807) is 91.0 Å². The zero-order valence-electron chi connectivity index (χ0n) is 67.5. The first kappa shape index (κ1) is 101. The van der Waals surface area contributed by atoms with Crippen molar-refractivity contribution in [3.05, 3.63) is 359 Å². The van der Waals surface area contributed by atoms with Gasteiger partial charge in [-0.3, -0.25) is 0 Å². The van der Waals surface area contributed by atoms with Gasteiger partial charge in [0.05, 0.1) is 0 Å². The number of rotatable bonds is 34. The summed E-state index contributed by atoms with van der Waals surface area (Å²) >= 11 is 0. The lowest BCUT2D eigenvalue weighted by Crippen LogP contribution is -2.38. The Bertz CT molecular complexity index is 5510. The minimum atomic E-state index is -5.06. The van der Waals surface area contributed by atoms with Crippen LogP contribution < -0.4 is 58.6 Å². The molecule has 12 nitrogen and oxygen atoms in total. The van der Waals surface area contributed by atoms with Crippen molar-refractivity contribution in [3.63, 3.8) is 0 Å². The standard InChI is InChI=1S/2C31H23F10NO3.C30H22F9NO3/c32-27(33)29(34,35)43-26-14-6-11-23(17-26)42-19-28(18-20-7-2-1-3-8-20,21-9-4-12-24(15-21)44-30(36,37)38)22-10-5-13-25(16-22)45-31(39,40)41;32-27(33)29(34,35)43-24-14-12-23(13-15-24)42-19-28(18-20-6-2-1-3-7-20,21-8-4-10-25(16-21)44-30(36,37)38)22-9-5-11-26(17-22)45-31(39,40)41;31-28(32,33)41-24-14-12-23(13-15-24)40-19-27(18-20-6-2-1-3-7-20,21-8-4-10-25(16-21)42-29(34,35)36)22-9-5-11-26(17-22)43-30(37,38)39/h2*1-17,27,42H,18-19H2;1-17,40H,18-19H2. The second-order valence-corrected chi connectivity index (χ2v) is 28.8. The Hall–Kier alpha value is -13.8. The van der Waals surface area contributed by atoms with Crippen molar-refractivity contribution in [2.75, 3.05) is 35.6 Å². The van der Waals surface area contributed by atoms with E-state index in [-0.39, 0.29) is 83.7 Å². The minimum Gasteiger partial charge on any atom is -0.428 e. The van der Waals surface area contributed by atoms with Crippen LogP contribution in [0.5, 0.6) is 51.7 Å². The fourth-order valence-electron chi connectivity index (χ4n) is 13.9. The molecule has 0 aliphatic rings. The van der Waals surface area contributed by atoms with Crippen molar-refractivity contribution in [2.24, 2.45) is 0 Å². The quantitative estimate of drug-likeness (QED) is 0.0333. The van der Waals surface area contributed by atoms with Crippen molar-refractivity contribution in [3.8, 4) is 51.7 Å². The lowest BCUT2D eigenvalue weighted by Gasteiger charge is -2.36. The second kappa shape index (κ2) is 42.2. The summed E-state index contributed by atoms with van der Waals surface area (Å²) in [6, 6.07) is 69.1.